The Balaban J connectivity index is 1.63. The summed E-state index contributed by atoms with van der Waals surface area (Å²) >= 11 is 7.11. The number of nitrogens with one attached hydrogen (secondary N) is 1. The van der Waals surface area contributed by atoms with Gasteiger partial charge in [0.15, 0.2) is 5.16 Å². The topological polar surface area (TPSA) is 103 Å². The highest BCUT2D eigenvalue weighted by Crippen LogP contribution is 2.40. The fourth-order valence-electron chi connectivity index (χ4n) is 2.39. The van der Waals surface area contributed by atoms with E-state index >= 15 is 0 Å². The number of halogens is 2. The minimum Gasteiger partial charge on any atom is -0.370 e. The van der Waals surface area contributed by atoms with E-state index in [1.807, 2.05) is 4.57 Å². The van der Waals surface area contributed by atoms with Crippen molar-refractivity contribution in [3.8, 4) is 0 Å². The van der Waals surface area contributed by atoms with Gasteiger partial charge in [0.25, 0.3) is 0 Å². The van der Waals surface area contributed by atoms with Gasteiger partial charge < -0.3 is 15.6 Å². The molecule has 0 atom stereocenters. The van der Waals surface area contributed by atoms with Crippen molar-refractivity contribution in [1.82, 2.24) is 14.8 Å². The molecule has 2 aromatic rings. The Morgan fingerprint density at radius 2 is 2.15 bits per heavy atom. The Morgan fingerprint density at radius 1 is 1.38 bits per heavy atom. The molecule has 0 aliphatic heterocycles. The van der Waals surface area contributed by atoms with E-state index in [0.717, 1.165) is 24.7 Å². The van der Waals surface area contributed by atoms with Gasteiger partial charge >= 0.3 is 0 Å². The molecule has 3 N–H and O–H groups in total. The molecule has 0 spiro atoms. The second-order valence-electron chi connectivity index (χ2n) is 5.94. The van der Waals surface area contributed by atoms with E-state index in [1.54, 1.807) is 0 Å². The summed E-state index contributed by atoms with van der Waals surface area (Å²) in [5.41, 5.74) is 5.57. The predicted octanol–water partition coefficient (Wildman–Crippen LogP) is 2.55. The first kappa shape index (κ1) is 18.7. The summed E-state index contributed by atoms with van der Waals surface area (Å²) in [4.78, 5) is 23.2. The van der Waals surface area contributed by atoms with E-state index in [-0.39, 0.29) is 23.1 Å². The van der Waals surface area contributed by atoms with Gasteiger partial charge in [-0.05, 0) is 31.0 Å². The smallest absolute Gasteiger partial charge is 0.234 e. The van der Waals surface area contributed by atoms with Crippen molar-refractivity contribution < 1.29 is 14.0 Å². The molecule has 1 aliphatic carbocycles. The fourth-order valence-corrected chi connectivity index (χ4v) is 3.38. The zero-order valence-electron chi connectivity index (χ0n) is 13.7. The van der Waals surface area contributed by atoms with Gasteiger partial charge in [-0.3, -0.25) is 9.59 Å². The summed E-state index contributed by atoms with van der Waals surface area (Å²) in [5.74, 6) is 0.0819. The Kier molecular flexibility index (Phi) is 5.77. The number of primary amides is 1. The van der Waals surface area contributed by atoms with Crippen molar-refractivity contribution in [2.75, 3.05) is 11.1 Å². The first-order valence-electron chi connectivity index (χ1n) is 8.03. The minimum atomic E-state index is -0.475. The second kappa shape index (κ2) is 8.05. The van der Waals surface area contributed by atoms with Crippen LogP contribution in [0.15, 0.2) is 23.4 Å². The monoisotopic (exact) mass is 397 g/mol. The molecule has 0 bridgehead atoms. The number of aromatic nitrogens is 3. The maximum absolute atomic E-state index is 13.0. The molecule has 2 amide bonds. The van der Waals surface area contributed by atoms with Gasteiger partial charge in [0.2, 0.25) is 11.8 Å². The molecule has 1 heterocycles. The zero-order chi connectivity index (χ0) is 18.7. The molecule has 0 radical (unpaired) electrons. The molecule has 7 nitrogen and oxygen atoms in total. The van der Waals surface area contributed by atoms with Crippen LogP contribution < -0.4 is 11.1 Å². The number of nitrogens with zero attached hydrogens (tertiary/aromatic N) is 3. The Bertz CT molecular complexity index is 840. The van der Waals surface area contributed by atoms with Gasteiger partial charge in [-0.15, -0.1) is 10.2 Å². The van der Waals surface area contributed by atoms with Gasteiger partial charge in [-0.1, -0.05) is 23.4 Å². The van der Waals surface area contributed by atoms with Crippen LogP contribution in [0.3, 0.4) is 0 Å². The van der Waals surface area contributed by atoms with Gasteiger partial charge in [-0.2, -0.15) is 0 Å². The van der Waals surface area contributed by atoms with Crippen LogP contribution in [-0.2, 0) is 16.1 Å². The zero-order valence-corrected chi connectivity index (χ0v) is 15.3. The van der Waals surface area contributed by atoms with Gasteiger partial charge in [0.05, 0.1) is 16.5 Å². The summed E-state index contributed by atoms with van der Waals surface area (Å²) < 4.78 is 14.9. The number of thioether (sulfide) groups is 1. The summed E-state index contributed by atoms with van der Waals surface area (Å²) in [6.07, 6.45) is 2.27. The molecule has 1 fully saturated rings. The third-order valence-electron chi connectivity index (χ3n) is 3.81. The van der Waals surface area contributed by atoms with Crippen LogP contribution in [0.5, 0.6) is 0 Å². The first-order chi connectivity index (χ1) is 12.4. The predicted molar refractivity (Wildman–Crippen MR) is 96.6 cm³/mol. The van der Waals surface area contributed by atoms with Crippen LogP contribution in [-0.4, -0.2) is 32.3 Å². The summed E-state index contributed by atoms with van der Waals surface area (Å²) in [6.45, 7) is 0.391. The van der Waals surface area contributed by atoms with Crippen molar-refractivity contribution in [2.24, 2.45) is 5.73 Å². The standard InChI is InChI=1S/C16H17ClFN5O2S/c17-11-7-10(18)3-4-12(11)20-14(25)8-26-16-22-21-15(9-1-2-9)23(16)6-5-13(19)24/h3-4,7,9H,1-2,5-6,8H2,(H2,19,24)(H,20,25). The fraction of sp³-hybridized carbons (Fsp3) is 0.375. The Hall–Kier alpha value is -2.13. The number of nitrogens with two attached hydrogens (primary N) is 1. The van der Waals surface area contributed by atoms with Crippen molar-refractivity contribution in [2.45, 2.75) is 36.9 Å². The summed E-state index contributed by atoms with van der Waals surface area (Å²) in [6, 6.07) is 3.75. The molecule has 0 saturated heterocycles. The molecule has 1 aromatic heterocycles. The summed E-state index contributed by atoms with van der Waals surface area (Å²) in [7, 11) is 0. The lowest BCUT2D eigenvalue weighted by Crippen LogP contribution is -2.17. The molecule has 138 valence electrons. The van der Waals surface area contributed by atoms with E-state index in [0.29, 0.717) is 23.3 Å². The molecule has 1 saturated carbocycles. The number of hydrogen-bond donors (Lipinski definition) is 2. The number of amides is 2. The molecule has 26 heavy (non-hydrogen) atoms. The average Bonchev–Trinajstić information content (AvgIpc) is 3.34. The average molecular weight is 398 g/mol. The lowest BCUT2D eigenvalue weighted by Gasteiger charge is -2.09. The van der Waals surface area contributed by atoms with Gasteiger partial charge in [0, 0.05) is 18.9 Å². The molecule has 3 rings (SSSR count). The molecular weight excluding hydrogens is 381 g/mol. The quantitative estimate of drug-likeness (QED) is 0.666. The third kappa shape index (κ3) is 4.73. The number of anilines is 1. The van der Waals surface area contributed by atoms with E-state index in [1.165, 1.54) is 23.9 Å². The van der Waals surface area contributed by atoms with Gasteiger partial charge in [0.1, 0.15) is 11.6 Å². The van der Waals surface area contributed by atoms with Crippen LogP contribution >= 0.6 is 23.4 Å². The minimum absolute atomic E-state index is 0.0765. The number of rotatable bonds is 8. The normalized spacial score (nSPS) is 13.6. The molecule has 10 heteroatoms. The highest BCUT2D eigenvalue weighted by Gasteiger charge is 2.30. The number of carbonyl (C=O) groups is 2. The van der Waals surface area contributed by atoms with Crippen LogP contribution in [0, 0.1) is 5.82 Å². The van der Waals surface area contributed by atoms with E-state index < -0.39 is 11.7 Å². The van der Waals surface area contributed by atoms with E-state index in [9.17, 15) is 14.0 Å². The van der Waals surface area contributed by atoms with Crippen LogP contribution in [0.25, 0.3) is 0 Å². The number of carbonyl (C=O) groups excluding carboxylic acids is 2. The van der Waals surface area contributed by atoms with Crippen molar-refractivity contribution in [1.29, 1.82) is 0 Å². The van der Waals surface area contributed by atoms with Crippen molar-refractivity contribution in [3.63, 3.8) is 0 Å². The van der Waals surface area contributed by atoms with Crippen LogP contribution in [0.2, 0.25) is 5.02 Å². The lowest BCUT2D eigenvalue weighted by molar-refractivity contribution is -0.118. The molecule has 1 aliphatic rings. The number of benzene rings is 1. The van der Waals surface area contributed by atoms with Crippen molar-refractivity contribution >= 4 is 40.9 Å². The Morgan fingerprint density at radius 3 is 2.81 bits per heavy atom. The Labute approximate surface area is 158 Å². The van der Waals surface area contributed by atoms with E-state index in [4.69, 9.17) is 17.3 Å². The van der Waals surface area contributed by atoms with Crippen LogP contribution in [0.4, 0.5) is 10.1 Å². The molecular formula is C16H17ClFN5O2S. The van der Waals surface area contributed by atoms with Crippen LogP contribution in [0.1, 0.15) is 31.0 Å². The SMILES string of the molecule is NC(=O)CCn1c(SCC(=O)Nc2ccc(F)cc2Cl)nnc1C1CC1. The summed E-state index contributed by atoms with van der Waals surface area (Å²) in [5, 5.41) is 11.6. The maximum atomic E-state index is 13.0. The third-order valence-corrected chi connectivity index (χ3v) is 5.09. The first-order valence-corrected chi connectivity index (χ1v) is 9.39. The van der Waals surface area contributed by atoms with Crippen molar-refractivity contribution in [3.05, 3.63) is 34.9 Å². The number of hydrogen-bond acceptors (Lipinski definition) is 5. The second-order valence-corrected chi connectivity index (χ2v) is 7.29. The highest BCUT2D eigenvalue weighted by atomic mass is 35.5. The van der Waals surface area contributed by atoms with E-state index in [2.05, 4.69) is 15.5 Å². The lowest BCUT2D eigenvalue weighted by atomic mass is 10.3. The molecule has 1 aromatic carbocycles. The largest absolute Gasteiger partial charge is 0.370 e. The maximum Gasteiger partial charge on any atom is 0.234 e. The van der Waals surface area contributed by atoms with Gasteiger partial charge in [-0.25, -0.2) is 4.39 Å². The molecule has 0 unspecified atom stereocenters. The highest BCUT2D eigenvalue weighted by molar-refractivity contribution is 7.99.